The van der Waals surface area contributed by atoms with Crippen LogP contribution in [0.15, 0.2) is 78.9 Å². The molecule has 6 nitrogen and oxygen atoms in total. The molecule has 1 unspecified atom stereocenters. The van der Waals surface area contributed by atoms with E-state index >= 15 is 0 Å². The van der Waals surface area contributed by atoms with Crippen LogP contribution in [0.1, 0.15) is 29.2 Å². The summed E-state index contributed by atoms with van der Waals surface area (Å²) in [6.07, 6.45) is -0.483. The number of imide groups is 1. The normalized spacial score (nSPS) is 16.1. The van der Waals surface area contributed by atoms with Gasteiger partial charge >= 0.3 is 6.09 Å². The van der Waals surface area contributed by atoms with Crippen molar-refractivity contribution in [2.24, 2.45) is 0 Å². The highest BCUT2D eigenvalue weighted by atomic mass is 16.6. The molecular weight excluding hydrogens is 442 g/mol. The second-order valence-electron chi connectivity index (χ2n) is 8.64. The van der Waals surface area contributed by atoms with E-state index in [1.165, 1.54) is 4.90 Å². The fourth-order valence-corrected chi connectivity index (χ4v) is 4.27. The van der Waals surface area contributed by atoms with Gasteiger partial charge in [0.1, 0.15) is 25.1 Å². The van der Waals surface area contributed by atoms with Crippen LogP contribution in [0.5, 0.6) is 5.75 Å². The summed E-state index contributed by atoms with van der Waals surface area (Å²) in [5.74, 6) is 0.402. The minimum absolute atomic E-state index is 0.185. The molecule has 1 heterocycles. The summed E-state index contributed by atoms with van der Waals surface area (Å²) in [6.45, 7) is 4.86. The highest BCUT2D eigenvalue weighted by Gasteiger charge is 2.41. The number of hydrogen-bond donors (Lipinski definition) is 0. The zero-order valence-electron chi connectivity index (χ0n) is 20.2. The lowest BCUT2D eigenvalue weighted by Crippen LogP contribution is -2.47. The Hall–Kier alpha value is -3.64. The largest absolute Gasteiger partial charge is 0.489 e. The van der Waals surface area contributed by atoms with Gasteiger partial charge in [-0.3, -0.25) is 4.79 Å². The number of hydrogen-bond acceptors (Lipinski definition) is 5. The van der Waals surface area contributed by atoms with Gasteiger partial charge in [-0.2, -0.15) is 0 Å². The number of nitrogens with zero attached hydrogens (tertiary/aromatic N) is 1. The van der Waals surface area contributed by atoms with Gasteiger partial charge < -0.3 is 14.2 Å². The van der Waals surface area contributed by atoms with Crippen molar-refractivity contribution in [1.82, 2.24) is 4.90 Å². The monoisotopic (exact) mass is 473 g/mol. The quantitative estimate of drug-likeness (QED) is 0.409. The van der Waals surface area contributed by atoms with Crippen molar-refractivity contribution in [3.8, 4) is 5.75 Å². The average molecular weight is 474 g/mol. The standard InChI is InChI=1S/C29H31NO5/c1-3-33-27(28(31)30-25(20-35-29(30)32)17-22-10-6-4-7-11-22)18-24-14-15-26(16-21(24)2)34-19-23-12-8-5-9-13-23/h4-16,25,27H,3,17-20H2,1-2H3/t25?,27-/m0/s1. The van der Waals surface area contributed by atoms with Crippen LogP contribution in [0.4, 0.5) is 4.79 Å². The van der Waals surface area contributed by atoms with Crippen LogP contribution in [0, 0.1) is 6.92 Å². The lowest BCUT2D eigenvalue weighted by Gasteiger charge is -2.25. The van der Waals surface area contributed by atoms with Crippen molar-refractivity contribution < 1.29 is 23.8 Å². The molecule has 0 saturated carbocycles. The Labute approximate surface area is 206 Å². The first kappa shape index (κ1) is 24.5. The minimum Gasteiger partial charge on any atom is -0.489 e. The van der Waals surface area contributed by atoms with Crippen molar-refractivity contribution in [2.75, 3.05) is 13.2 Å². The lowest BCUT2D eigenvalue weighted by molar-refractivity contribution is -0.141. The SMILES string of the molecule is CCO[C@@H](Cc1ccc(OCc2ccccc2)cc1C)C(=O)N1C(=O)OCC1Cc1ccccc1. The third-order valence-electron chi connectivity index (χ3n) is 6.12. The van der Waals surface area contributed by atoms with Crippen LogP contribution >= 0.6 is 0 Å². The van der Waals surface area contributed by atoms with Crippen molar-refractivity contribution in [3.63, 3.8) is 0 Å². The maximum atomic E-state index is 13.5. The van der Waals surface area contributed by atoms with Gasteiger partial charge in [-0.05, 0) is 54.7 Å². The Bertz CT molecular complexity index is 1130. The summed E-state index contributed by atoms with van der Waals surface area (Å²) in [4.78, 5) is 27.2. The fourth-order valence-electron chi connectivity index (χ4n) is 4.27. The Kier molecular flexibility index (Phi) is 8.16. The molecule has 1 aliphatic rings. The Morgan fingerprint density at radius 2 is 1.71 bits per heavy atom. The zero-order chi connectivity index (χ0) is 24.6. The molecule has 0 radical (unpaired) electrons. The molecular formula is C29H31NO5. The molecule has 0 aliphatic carbocycles. The van der Waals surface area contributed by atoms with Crippen LogP contribution in [0.2, 0.25) is 0 Å². The van der Waals surface area contributed by atoms with E-state index in [0.717, 1.165) is 28.0 Å². The molecule has 1 fully saturated rings. The highest BCUT2D eigenvalue weighted by molar-refractivity contribution is 5.96. The molecule has 0 aromatic heterocycles. The number of benzene rings is 3. The Balaban J connectivity index is 1.44. The van der Waals surface area contributed by atoms with E-state index in [1.54, 1.807) is 0 Å². The molecule has 2 atom stereocenters. The molecule has 6 heteroatoms. The Morgan fingerprint density at radius 1 is 1.03 bits per heavy atom. The van der Waals surface area contributed by atoms with Gasteiger partial charge in [0.2, 0.25) is 0 Å². The first-order valence-electron chi connectivity index (χ1n) is 12.0. The molecule has 1 saturated heterocycles. The minimum atomic E-state index is -0.779. The van der Waals surface area contributed by atoms with Crippen molar-refractivity contribution in [2.45, 2.75) is 45.4 Å². The number of amides is 2. The van der Waals surface area contributed by atoms with E-state index < -0.39 is 12.2 Å². The van der Waals surface area contributed by atoms with Crippen molar-refractivity contribution in [3.05, 3.63) is 101 Å². The molecule has 3 aromatic carbocycles. The van der Waals surface area contributed by atoms with E-state index in [4.69, 9.17) is 14.2 Å². The van der Waals surface area contributed by atoms with E-state index in [0.29, 0.717) is 26.1 Å². The van der Waals surface area contributed by atoms with E-state index in [9.17, 15) is 9.59 Å². The third-order valence-corrected chi connectivity index (χ3v) is 6.12. The van der Waals surface area contributed by atoms with E-state index in [2.05, 4.69) is 0 Å². The average Bonchev–Trinajstić information content (AvgIpc) is 3.24. The molecule has 0 spiro atoms. The fraction of sp³-hybridized carbons (Fsp3) is 0.310. The molecule has 0 N–H and O–H groups in total. The topological polar surface area (TPSA) is 65.1 Å². The van der Waals surface area contributed by atoms with E-state index in [1.807, 2.05) is 92.7 Å². The predicted octanol–water partition coefficient (Wildman–Crippen LogP) is 5.11. The number of carbonyl (C=O) groups excluding carboxylic acids is 2. The lowest BCUT2D eigenvalue weighted by atomic mass is 10.0. The molecule has 35 heavy (non-hydrogen) atoms. The summed E-state index contributed by atoms with van der Waals surface area (Å²) in [5.41, 5.74) is 4.11. The molecule has 0 bridgehead atoms. The first-order valence-corrected chi connectivity index (χ1v) is 12.0. The molecule has 182 valence electrons. The van der Waals surface area contributed by atoms with Gasteiger partial charge in [0.25, 0.3) is 5.91 Å². The summed E-state index contributed by atoms with van der Waals surface area (Å²) in [5, 5.41) is 0. The Morgan fingerprint density at radius 3 is 2.37 bits per heavy atom. The van der Waals surface area contributed by atoms with Gasteiger partial charge in [0, 0.05) is 13.0 Å². The van der Waals surface area contributed by atoms with Gasteiger partial charge in [0.05, 0.1) is 6.04 Å². The maximum Gasteiger partial charge on any atom is 0.417 e. The first-order chi connectivity index (χ1) is 17.0. The second-order valence-corrected chi connectivity index (χ2v) is 8.64. The summed E-state index contributed by atoms with van der Waals surface area (Å²) >= 11 is 0. The van der Waals surface area contributed by atoms with Crippen LogP contribution < -0.4 is 4.74 Å². The predicted molar refractivity (Wildman–Crippen MR) is 133 cm³/mol. The van der Waals surface area contributed by atoms with Crippen LogP contribution in [-0.2, 0) is 33.7 Å². The molecule has 3 aromatic rings. The molecule has 1 aliphatic heterocycles. The maximum absolute atomic E-state index is 13.5. The number of carbonyl (C=O) groups is 2. The van der Waals surface area contributed by atoms with E-state index in [-0.39, 0.29) is 18.6 Å². The third kappa shape index (κ3) is 6.28. The number of ether oxygens (including phenoxy) is 3. The van der Waals surface area contributed by atoms with Crippen LogP contribution in [-0.4, -0.2) is 42.3 Å². The number of cyclic esters (lactones) is 1. The second kappa shape index (κ2) is 11.7. The number of aryl methyl sites for hydroxylation is 1. The van der Waals surface area contributed by atoms with Gasteiger partial charge in [-0.1, -0.05) is 66.7 Å². The highest BCUT2D eigenvalue weighted by Crippen LogP contribution is 2.24. The zero-order valence-corrected chi connectivity index (χ0v) is 20.2. The summed E-state index contributed by atoms with van der Waals surface area (Å²) in [7, 11) is 0. The van der Waals surface area contributed by atoms with Gasteiger partial charge in [-0.25, -0.2) is 9.69 Å². The van der Waals surface area contributed by atoms with Gasteiger partial charge in [-0.15, -0.1) is 0 Å². The van der Waals surface area contributed by atoms with Gasteiger partial charge in [0.15, 0.2) is 0 Å². The van der Waals surface area contributed by atoms with Crippen LogP contribution in [0.25, 0.3) is 0 Å². The van der Waals surface area contributed by atoms with Crippen molar-refractivity contribution >= 4 is 12.0 Å². The number of rotatable bonds is 10. The van der Waals surface area contributed by atoms with Crippen LogP contribution in [0.3, 0.4) is 0 Å². The smallest absolute Gasteiger partial charge is 0.417 e. The summed E-state index contributed by atoms with van der Waals surface area (Å²) < 4.78 is 17.0. The summed E-state index contributed by atoms with van der Waals surface area (Å²) in [6, 6.07) is 25.3. The van der Waals surface area contributed by atoms with Crippen molar-refractivity contribution in [1.29, 1.82) is 0 Å². The molecule has 2 amide bonds. The molecule has 4 rings (SSSR count).